The zero-order valence-corrected chi connectivity index (χ0v) is 13.8. The molecule has 4 aromatic rings. The molecule has 0 saturated heterocycles. The Balaban J connectivity index is 1.64. The van der Waals surface area contributed by atoms with Crippen LogP contribution in [0.1, 0.15) is 5.56 Å². The van der Waals surface area contributed by atoms with Crippen LogP contribution in [0.5, 0.6) is 0 Å². The van der Waals surface area contributed by atoms with Crippen LogP contribution < -0.4 is 11.1 Å². The molecule has 3 aromatic heterocycles. The minimum Gasteiger partial charge on any atom is -0.368 e. The summed E-state index contributed by atoms with van der Waals surface area (Å²) in [4.78, 5) is 12.8. The van der Waals surface area contributed by atoms with Gasteiger partial charge in [-0.2, -0.15) is 4.98 Å². The molecule has 0 bridgehead atoms. The molecule has 25 heavy (non-hydrogen) atoms. The van der Waals surface area contributed by atoms with Crippen LogP contribution in [-0.2, 0) is 13.6 Å². The molecule has 0 radical (unpaired) electrons. The highest BCUT2D eigenvalue weighted by atomic mass is 15.1. The molecular weight excluding hydrogens is 312 g/mol. The van der Waals surface area contributed by atoms with Gasteiger partial charge in [-0.1, -0.05) is 12.1 Å². The van der Waals surface area contributed by atoms with E-state index in [2.05, 4.69) is 49.1 Å². The van der Waals surface area contributed by atoms with Gasteiger partial charge in [-0.3, -0.25) is 4.98 Å². The van der Waals surface area contributed by atoms with E-state index >= 15 is 0 Å². The number of pyridine rings is 1. The molecule has 0 unspecified atom stereocenters. The first-order chi connectivity index (χ1) is 12.2. The largest absolute Gasteiger partial charge is 0.368 e. The topological polar surface area (TPSA) is 81.7 Å². The van der Waals surface area contributed by atoms with Crippen molar-refractivity contribution < 1.29 is 0 Å². The lowest BCUT2D eigenvalue weighted by Gasteiger charge is -2.09. The van der Waals surface area contributed by atoms with Gasteiger partial charge < -0.3 is 15.6 Å². The number of nitrogens with two attached hydrogens (primary N) is 1. The van der Waals surface area contributed by atoms with Crippen molar-refractivity contribution >= 4 is 22.7 Å². The molecule has 0 atom stereocenters. The fourth-order valence-electron chi connectivity index (χ4n) is 2.84. The van der Waals surface area contributed by atoms with Crippen molar-refractivity contribution in [1.29, 1.82) is 0 Å². The first-order valence-corrected chi connectivity index (χ1v) is 8.02. The van der Waals surface area contributed by atoms with Crippen molar-refractivity contribution in [2.24, 2.45) is 7.05 Å². The fourth-order valence-corrected chi connectivity index (χ4v) is 2.84. The Labute approximate surface area is 145 Å². The second kappa shape index (κ2) is 6.24. The van der Waals surface area contributed by atoms with E-state index in [1.165, 1.54) is 10.9 Å². The Morgan fingerprint density at radius 1 is 1.12 bits per heavy atom. The summed E-state index contributed by atoms with van der Waals surface area (Å²) in [6.45, 7) is 0.626. The van der Waals surface area contributed by atoms with Gasteiger partial charge in [0.15, 0.2) is 0 Å². The van der Waals surface area contributed by atoms with Crippen LogP contribution in [-0.4, -0.2) is 19.5 Å². The van der Waals surface area contributed by atoms with Gasteiger partial charge in [0.1, 0.15) is 5.82 Å². The Bertz CT molecular complexity index is 1020. The van der Waals surface area contributed by atoms with Crippen LogP contribution in [0, 0.1) is 0 Å². The quantitative estimate of drug-likeness (QED) is 0.600. The van der Waals surface area contributed by atoms with E-state index in [4.69, 9.17) is 5.73 Å². The van der Waals surface area contributed by atoms with Crippen molar-refractivity contribution in [3.05, 3.63) is 66.6 Å². The van der Waals surface area contributed by atoms with Crippen molar-refractivity contribution in [2.75, 3.05) is 11.1 Å². The van der Waals surface area contributed by atoms with E-state index in [0.29, 0.717) is 12.4 Å². The zero-order chi connectivity index (χ0) is 17.2. The lowest BCUT2D eigenvalue weighted by molar-refractivity contribution is 0.969. The number of nitrogens with one attached hydrogen (secondary N) is 1. The van der Waals surface area contributed by atoms with Crippen molar-refractivity contribution in [3.8, 4) is 11.3 Å². The third-order valence-corrected chi connectivity index (χ3v) is 4.12. The van der Waals surface area contributed by atoms with Gasteiger partial charge in [0, 0.05) is 54.7 Å². The maximum atomic E-state index is 5.90. The SMILES string of the molecule is Cn1ccc2cc(-c3cc(NCc4cccnc4)nc(N)n3)ccc21. The number of hydrogen-bond acceptors (Lipinski definition) is 5. The average molecular weight is 330 g/mol. The number of aryl methyl sites for hydroxylation is 1. The van der Waals surface area contributed by atoms with E-state index in [0.717, 1.165) is 16.8 Å². The molecule has 1 aromatic carbocycles. The van der Waals surface area contributed by atoms with E-state index in [-0.39, 0.29) is 5.95 Å². The van der Waals surface area contributed by atoms with E-state index in [9.17, 15) is 0 Å². The summed E-state index contributed by atoms with van der Waals surface area (Å²) in [5.74, 6) is 0.943. The van der Waals surface area contributed by atoms with Crippen LogP contribution >= 0.6 is 0 Å². The third-order valence-electron chi connectivity index (χ3n) is 4.12. The number of aromatic nitrogens is 4. The van der Waals surface area contributed by atoms with Gasteiger partial charge in [0.2, 0.25) is 5.95 Å². The average Bonchev–Trinajstić information content (AvgIpc) is 3.01. The van der Waals surface area contributed by atoms with Crippen LogP contribution in [0.3, 0.4) is 0 Å². The van der Waals surface area contributed by atoms with Crippen LogP contribution in [0.2, 0.25) is 0 Å². The summed E-state index contributed by atoms with van der Waals surface area (Å²) in [5, 5.41) is 4.45. The number of rotatable bonds is 4. The maximum Gasteiger partial charge on any atom is 0.222 e. The van der Waals surface area contributed by atoms with Gasteiger partial charge in [-0.25, -0.2) is 4.98 Å². The minimum absolute atomic E-state index is 0.249. The first kappa shape index (κ1) is 15.1. The number of anilines is 2. The highest BCUT2D eigenvalue weighted by Crippen LogP contribution is 2.25. The number of nitrogens with zero attached hydrogens (tertiary/aromatic N) is 4. The summed E-state index contributed by atoms with van der Waals surface area (Å²) in [6.07, 6.45) is 5.62. The Kier molecular flexibility index (Phi) is 3.78. The molecule has 4 rings (SSSR count). The van der Waals surface area contributed by atoms with E-state index < -0.39 is 0 Å². The minimum atomic E-state index is 0.249. The second-order valence-electron chi connectivity index (χ2n) is 5.91. The third kappa shape index (κ3) is 3.14. The van der Waals surface area contributed by atoms with Crippen molar-refractivity contribution in [1.82, 2.24) is 19.5 Å². The maximum absolute atomic E-state index is 5.90. The normalized spacial score (nSPS) is 10.9. The molecule has 0 aliphatic heterocycles. The standard InChI is InChI=1S/C19H18N6/c1-25-8-6-15-9-14(4-5-17(15)25)16-10-18(24-19(20)23-16)22-12-13-3-2-7-21-11-13/h2-11H,12H2,1H3,(H3,20,22,23,24). The molecule has 0 aliphatic carbocycles. The second-order valence-corrected chi connectivity index (χ2v) is 5.91. The Morgan fingerprint density at radius 3 is 2.88 bits per heavy atom. The number of benzene rings is 1. The van der Waals surface area contributed by atoms with Gasteiger partial charge in [-0.05, 0) is 29.8 Å². The van der Waals surface area contributed by atoms with Gasteiger partial charge in [0.25, 0.3) is 0 Å². The molecule has 6 nitrogen and oxygen atoms in total. The van der Waals surface area contributed by atoms with Crippen LogP contribution in [0.25, 0.3) is 22.2 Å². The Morgan fingerprint density at radius 2 is 2.04 bits per heavy atom. The van der Waals surface area contributed by atoms with Gasteiger partial charge in [0.05, 0.1) is 5.69 Å². The summed E-state index contributed by atoms with van der Waals surface area (Å²) < 4.78 is 2.09. The Hall–Kier alpha value is -3.41. The highest BCUT2D eigenvalue weighted by Gasteiger charge is 2.07. The summed E-state index contributed by atoms with van der Waals surface area (Å²) >= 11 is 0. The molecule has 3 heterocycles. The van der Waals surface area contributed by atoms with Gasteiger partial charge >= 0.3 is 0 Å². The molecule has 0 aliphatic rings. The predicted octanol–water partition coefficient (Wildman–Crippen LogP) is 3.22. The van der Waals surface area contributed by atoms with Crippen molar-refractivity contribution in [3.63, 3.8) is 0 Å². The molecular formula is C19H18N6. The predicted molar refractivity (Wildman–Crippen MR) is 99.9 cm³/mol. The van der Waals surface area contributed by atoms with E-state index in [1.54, 1.807) is 6.20 Å². The van der Waals surface area contributed by atoms with Crippen LogP contribution in [0.4, 0.5) is 11.8 Å². The molecule has 6 heteroatoms. The monoisotopic (exact) mass is 330 g/mol. The molecule has 0 saturated carbocycles. The molecule has 0 fully saturated rings. The van der Waals surface area contributed by atoms with Crippen molar-refractivity contribution in [2.45, 2.75) is 6.54 Å². The zero-order valence-electron chi connectivity index (χ0n) is 13.8. The fraction of sp³-hybridized carbons (Fsp3) is 0.105. The number of hydrogen-bond donors (Lipinski definition) is 2. The first-order valence-electron chi connectivity index (χ1n) is 8.02. The summed E-state index contributed by atoms with van der Waals surface area (Å²) in [6, 6.07) is 14.2. The summed E-state index contributed by atoms with van der Waals surface area (Å²) in [7, 11) is 2.03. The van der Waals surface area contributed by atoms with Gasteiger partial charge in [-0.15, -0.1) is 0 Å². The van der Waals surface area contributed by atoms with E-state index in [1.807, 2.05) is 37.6 Å². The van der Waals surface area contributed by atoms with Crippen LogP contribution in [0.15, 0.2) is 61.1 Å². The number of fused-ring (bicyclic) bond motifs is 1. The molecule has 0 spiro atoms. The molecule has 124 valence electrons. The molecule has 3 N–H and O–H groups in total. The number of nitrogen functional groups attached to an aromatic ring is 1. The molecule has 0 amide bonds. The lowest BCUT2D eigenvalue weighted by Crippen LogP contribution is -2.05. The lowest BCUT2D eigenvalue weighted by atomic mass is 10.1. The smallest absolute Gasteiger partial charge is 0.222 e. The summed E-state index contributed by atoms with van der Waals surface area (Å²) in [5.41, 5.74) is 9.97. The highest BCUT2D eigenvalue weighted by molar-refractivity contribution is 5.85.